The Kier molecular flexibility index (Phi) is 7.30. The van der Waals surface area contributed by atoms with Crippen molar-refractivity contribution < 1.29 is 14.6 Å². The second-order valence-corrected chi connectivity index (χ2v) is 8.54. The van der Waals surface area contributed by atoms with Gasteiger partial charge in [-0.1, -0.05) is 30.3 Å². The first-order valence-electron chi connectivity index (χ1n) is 10.6. The van der Waals surface area contributed by atoms with Crippen LogP contribution in [0.5, 0.6) is 5.75 Å². The Morgan fingerprint density at radius 2 is 1.78 bits per heavy atom. The summed E-state index contributed by atoms with van der Waals surface area (Å²) in [4.78, 5) is 30.1. The lowest BCUT2D eigenvalue weighted by atomic mass is 10.1. The molecule has 0 unspecified atom stereocenters. The average molecular weight is 436 g/mol. The molecule has 0 saturated carbocycles. The number of hydrogen-bond acceptors (Lipinski definition) is 6. The lowest BCUT2D eigenvalue weighted by molar-refractivity contribution is -0.155. The standard InChI is InChI=1S/C25H29N3O4/c1-25(2,3)32-22(30)17-28-23(19-11-13-20(29)14-12-19)27-16-21(24(28)31)26-15-7-10-18-8-5-4-6-9-18/h4-6,8-9,11-14,16,26,29H,7,10,15,17H2,1-3H3. The molecule has 0 amide bonds. The molecule has 0 saturated heterocycles. The van der Waals surface area contributed by atoms with Gasteiger partial charge in [-0.05, 0) is 63.4 Å². The second-order valence-electron chi connectivity index (χ2n) is 8.54. The average Bonchev–Trinajstić information content (AvgIpc) is 2.74. The Morgan fingerprint density at radius 3 is 2.44 bits per heavy atom. The van der Waals surface area contributed by atoms with Crippen LogP contribution in [0, 0.1) is 0 Å². The van der Waals surface area contributed by atoms with Crippen LogP contribution in [0.3, 0.4) is 0 Å². The van der Waals surface area contributed by atoms with Crippen molar-refractivity contribution in [2.45, 2.75) is 45.8 Å². The van der Waals surface area contributed by atoms with Crippen LogP contribution in [-0.2, 0) is 22.5 Å². The van der Waals surface area contributed by atoms with Crippen LogP contribution < -0.4 is 10.9 Å². The molecular formula is C25H29N3O4. The summed E-state index contributed by atoms with van der Waals surface area (Å²) in [5.41, 5.74) is 1.15. The predicted octanol–water partition coefficient (Wildman–Crippen LogP) is 4.00. The molecule has 7 heteroatoms. The Labute approximate surface area is 187 Å². The molecule has 0 radical (unpaired) electrons. The van der Waals surface area contributed by atoms with E-state index in [4.69, 9.17) is 4.74 Å². The lowest BCUT2D eigenvalue weighted by Crippen LogP contribution is -2.33. The molecule has 168 valence electrons. The second kappa shape index (κ2) is 10.1. The number of phenols is 1. The molecular weight excluding hydrogens is 406 g/mol. The lowest BCUT2D eigenvalue weighted by Gasteiger charge is -2.21. The highest BCUT2D eigenvalue weighted by molar-refractivity contribution is 5.71. The molecule has 1 heterocycles. The fourth-order valence-corrected chi connectivity index (χ4v) is 3.26. The first-order valence-corrected chi connectivity index (χ1v) is 10.6. The summed E-state index contributed by atoms with van der Waals surface area (Å²) in [5.74, 6) is -0.0927. The monoisotopic (exact) mass is 435 g/mol. The maximum absolute atomic E-state index is 13.2. The predicted molar refractivity (Wildman–Crippen MR) is 125 cm³/mol. The Balaban J connectivity index is 1.81. The van der Waals surface area contributed by atoms with E-state index < -0.39 is 11.6 Å². The van der Waals surface area contributed by atoms with Crippen molar-refractivity contribution >= 4 is 11.7 Å². The summed E-state index contributed by atoms with van der Waals surface area (Å²) in [6.07, 6.45) is 3.22. The molecule has 0 bridgehead atoms. The van der Waals surface area contributed by atoms with Crippen LogP contribution in [-0.4, -0.2) is 32.8 Å². The van der Waals surface area contributed by atoms with Gasteiger partial charge < -0.3 is 15.2 Å². The third kappa shape index (κ3) is 6.44. The maximum Gasteiger partial charge on any atom is 0.326 e. The molecule has 0 aliphatic heterocycles. The molecule has 3 aromatic rings. The van der Waals surface area contributed by atoms with Crippen molar-refractivity contribution in [1.82, 2.24) is 9.55 Å². The summed E-state index contributed by atoms with van der Waals surface area (Å²) in [7, 11) is 0. The third-order valence-corrected chi connectivity index (χ3v) is 4.68. The van der Waals surface area contributed by atoms with Gasteiger partial charge in [0.1, 0.15) is 29.4 Å². The first-order chi connectivity index (χ1) is 15.2. The van der Waals surface area contributed by atoms with E-state index in [1.54, 1.807) is 32.9 Å². The van der Waals surface area contributed by atoms with Gasteiger partial charge >= 0.3 is 5.97 Å². The van der Waals surface area contributed by atoms with Crippen molar-refractivity contribution in [2.24, 2.45) is 0 Å². The van der Waals surface area contributed by atoms with Crippen LogP contribution in [0.1, 0.15) is 32.8 Å². The third-order valence-electron chi connectivity index (χ3n) is 4.68. The van der Waals surface area contributed by atoms with E-state index in [-0.39, 0.29) is 17.9 Å². The molecule has 1 aromatic heterocycles. The van der Waals surface area contributed by atoms with Crippen LogP contribution in [0.25, 0.3) is 11.4 Å². The highest BCUT2D eigenvalue weighted by atomic mass is 16.6. The van der Waals surface area contributed by atoms with E-state index in [0.717, 1.165) is 12.8 Å². The number of nitrogens with one attached hydrogen (secondary N) is 1. The summed E-state index contributed by atoms with van der Waals surface area (Å²) < 4.78 is 6.71. The van der Waals surface area contributed by atoms with Crippen molar-refractivity contribution in [1.29, 1.82) is 0 Å². The van der Waals surface area contributed by atoms with Crippen molar-refractivity contribution in [3.05, 3.63) is 76.7 Å². The summed E-state index contributed by atoms with van der Waals surface area (Å²) in [5, 5.41) is 12.7. The van der Waals surface area contributed by atoms with Gasteiger partial charge in [-0.3, -0.25) is 14.2 Å². The Hall–Kier alpha value is -3.61. The van der Waals surface area contributed by atoms with Gasteiger partial charge in [-0.25, -0.2) is 4.98 Å². The minimum absolute atomic E-state index is 0.103. The van der Waals surface area contributed by atoms with E-state index in [0.29, 0.717) is 23.6 Å². The fourth-order valence-electron chi connectivity index (χ4n) is 3.26. The summed E-state index contributed by atoms with van der Waals surface area (Å²) >= 11 is 0. The molecule has 0 aliphatic carbocycles. The number of esters is 1. The zero-order valence-corrected chi connectivity index (χ0v) is 18.7. The molecule has 0 aliphatic rings. The summed E-state index contributed by atoms with van der Waals surface area (Å²) in [6, 6.07) is 16.4. The molecule has 2 N–H and O–H groups in total. The maximum atomic E-state index is 13.2. The molecule has 0 fully saturated rings. The number of rotatable bonds is 8. The minimum Gasteiger partial charge on any atom is -0.508 e. The van der Waals surface area contributed by atoms with Crippen LogP contribution in [0.15, 0.2) is 65.6 Å². The molecule has 32 heavy (non-hydrogen) atoms. The van der Waals surface area contributed by atoms with E-state index in [1.807, 2.05) is 18.2 Å². The van der Waals surface area contributed by atoms with E-state index in [1.165, 1.54) is 28.5 Å². The van der Waals surface area contributed by atoms with E-state index >= 15 is 0 Å². The van der Waals surface area contributed by atoms with Gasteiger partial charge in [-0.2, -0.15) is 0 Å². The first kappa shape index (κ1) is 23.1. The number of ether oxygens (including phenoxy) is 1. The van der Waals surface area contributed by atoms with Crippen LogP contribution in [0.2, 0.25) is 0 Å². The molecule has 0 atom stereocenters. The largest absolute Gasteiger partial charge is 0.508 e. The number of aromatic hydroxyl groups is 1. The van der Waals surface area contributed by atoms with Gasteiger partial charge in [0.15, 0.2) is 0 Å². The smallest absolute Gasteiger partial charge is 0.326 e. The summed E-state index contributed by atoms with van der Waals surface area (Å²) in [6.45, 7) is 5.65. The highest BCUT2D eigenvalue weighted by Crippen LogP contribution is 2.20. The number of carbonyl (C=O) groups is 1. The number of benzene rings is 2. The van der Waals surface area contributed by atoms with E-state index in [9.17, 15) is 14.7 Å². The zero-order valence-electron chi connectivity index (χ0n) is 18.7. The molecule has 3 rings (SSSR count). The molecule has 7 nitrogen and oxygen atoms in total. The number of carbonyl (C=O) groups excluding carboxylic acids is 1. The quantitative estimate of drug-likeness (QED) is 0.410. The van der Waals surface area contributed by atoms with Gasteiger partial charge in [-0.15, -0.1) is 0 Å². The number of nitrogens with zero attached hydrogens (tertiary/aromatic N) is 2. The fraction of sp³-hybridized carbons (Fsp3) is 0.320. The Morgan fingerprint density at radius 1 is 1.09 bits per heavy atom. The Bertz CT molecular complexity index is 1100. The van der Waals surface area contributed by atoms with Crippen molar-refractivity contribution in [2.75, 3.05) is 11.9 Å². The van der Waals surface area contributed by atoms with Gasteiger partial charge in [0, 0.05) is 12.1 Å². The topological polar surface area (TPSA) is 93.4 Å². The molecule has 2 aromatic carbocycles. The minimum atomic E-state index is -0.667. The van der Waals surface area contributed by atoms with Gasteiger partial charge in [0.05, 0.1) is 6.20 Å². The number of anilines is 1. The van der Waals surface area contributed by atoms with Gasteiger partial charge in [0.2, 0.25) is 0 Å². The highest BCUT2D eigenvalue weighted by Gasteiger charge is 2.20. The van der Waals surface area contributed by atoms with Crippen LogP contribution >= 0.6 is 0 Å². The van der Waals surface area contributed by atoms with E-state index in [2.05, 4.69) is 22.4 Å². The zero-order chi connectivity index (χ0) is 23.1. The SMILES string of the molecule is CC(C)(C)OC(=O)Cn1c(-c2ccc(O)cc2)ncc(NCCCc2ccccc2)c1=O. The molecule has 0 spiro atoms. The van der Waals surface area contributed by atoms with Crippen molar-refractivity contribution in [3.8, 4) is 17.1 Å². The van der Waals surface area contributed by atoms with Gasteiger partial charge in [0.25, 0.3) is 5.56 Å². The number of aromatic nitrogens is 2. The number of phenolic OH excluding ortho intramolecular Hbond substituents is 1. The normalized spacial score (nSPS) is 11.2. The number of hydrogen-bond donors (Lipinski definition) is 2. The van der Waals surface area contributed by atoms with Crippen LogP contribution in [0.4, 0.5) is 5.69 Å². The number of aryl methyl sites for hydroxylation is 1. The van der Waals surface area contributed by atoms with Crippen molar-refractivity contribution in [3.63, 3.8) is 0 Å².